The van der Waals surface area contributed by atoms with Gasteiger partial charge in [-0.1, -0.05) is 78.2 Å². The molecule has 7 nitrogen and oxygen atoms in total. The van der Waals surface area contributed by atoms with Crippen molar-refractivity contribution in [1.29, 1.82) is 0 Å². The molecule has 0 aromatic heterocycles. The summed E-state index contributed by atoms with van der Waals surface area (Å²) in [5.74, 6) is -0.832. The van der Waals surface area contributed by atoms with Crippen molar-refractivity contribution in [2.75, 3.05) is 17.4 Å². The molecule has 1 atom stereocenters. The van der Waals surface area contributed by atoms with Crippen LogP contribution in [0.2, 0.25) is 10.0 Å². The van der Waals surface area contributed by atoms with Gasteiger partial charge in [0.1, 0.15) is 12.6 Å². The summed E-state index contributed by atoms with van der Waals surface area (Å²) in [6, 6.07) is 19.5. The molecular formula is C30H35Cl2N3O4S. The van der Waals surface area contributed by atoms with E-state index >= 15 is 0 Å². The van der Waals surface area contributed by atoms with Gasteiger partial charge in [-0.25, -0.2) is 8.42 Å². The van der Waals surface area contributed by atoms with E-state index in [0.29, 0.717) is 12.8 Å². The van der Waals surface area contributed by atoms with Crippen LogP contribution in [0.1, 0.15) is 38.3 Å². The van der Waals surface area contributed by atoms with Gasteiger partial charge in [0.15, 0.2) is 0 Å². The Bertz CT molecular complexity index is 1410. The van der Waals surface area contributed by atoms with Crippen LogP contribution in [-0.4, -0.2) is 50.3 Å². The number of halogens is 2. The van der Waals surface area contributed by atoms with E-state index in [0.717, 1.165) is 15.4 Å². The maximum atomic E-state index is 14.0. The smallest absolute Gasteiger partial charge is 0.264 e. The fourth-order valence-corrected chi connectivity index (χ4v) is 6.17. The van der Waals surface area contributed by atoms with Crippen molar-refractivity contribution < 1.29 is 18.0 Å². The Kier molecular flexibility index (Phi) is 11.0. The first-order valence-electron chi connectivity index (χ1n) is 13.1. The van der Waals surface area contributed by atoms with Crippen molar-refractivity contribution >= 4 is 50.7 Å². The maximum absolute atomic E-state index is 14.0. The lowest BCUT2D eigenvalue weighted by Crippen LogP contribution is -2.54. The highest BCUT2D eigenvalue weighted by molar-refractivity contribution is 7.92. The Labute approximate surface area is 247 Å². The van der Waals surface area contributed by atoms with Gasteiger partial charge in [0.05, 0.1) is 15.6 Å². The number of carbonyl (C=O) groups is 2. The summed E-state index contributed by atoms with van der Waals surface area (Å²) in [5, 5.41) is 3.27. The predicted octanol–water partition coefficient (Wildman–Crippen LogP) is 5.87. The maximum Gasteiger partial charge on any atom is 0.264 e. The van der Waals surface area contributed by atoms with Crippen molar-refractivity contribution in [3.8, 4) is 0 Å². The molecule has 0 aliphatic rings. The second-order valence-electron chi connectivity index (χ2n) is 9.83. The Morgan fingerprint density at radius 2 is 1.60 bits per heavy atom. The summed E-state index contributed by atoms with van der Waals surface area (Å²) in [4.78, 5) is 28.7. The van der Waals surface area contributed by atoms with Crippen molar-refractivity contribution in [2.24, 2.45) is 0 Å². The number of carbonyl (C=O) groups excluding carboxylic acids is 2. The van der Waals surface area contributed by atoms with Crippen molar-refractivity contribution in [1.82, 2.24) is 10.2 Å². The van der Waals surface area contributed by atoms with E-state index in [1.165, 1.54) is 29.2 Å². The first-order valence-corrected chi connectivity index (χ1v) is 15.3. The third-order valence-corrected chi connectivity index (χ3v) is 8.69. The van der Waals surface area contributed by atoms with E-state index in [1.807, 2.05) is 58.0 Å². The Hall–Kier alpha value is -3.07. The van der Waals surface area contributed by atoms with Crippen LogP contribution in [0.3, 0.4) is 0 Å². The van der Waals surface area contributed by atoms with E-state index in [9.17, 15) is 18.0 Å². The number of nitrogens with zero attached hydrogens (tertiary/aromatic N) is 2. The van der Waals surface area contributed by atoms with Crippen LogP contribution in [0.15, 0.2) is 77.7 Å². The lowest BCUT2D eigenvalue weighted by molar-refractivity contribution is -0.139. The monoisotopic (exact) mass is 603 g/mol. The van der Waals surface area contributed by atoms with Crippen LogP contribution in [0.25, 0.3) is 0 Å². The van der Waals surface area contributed by atoms with Crippen LogP contribution < -0.4 is 9.62 Å². The summed E-state index contributed by atoms with van der Waals surface area (Å²) in [7, 11) is -4.24. The molecule has 3 aromatic carbocycles. The normalized spacial score (nSPS) is 12.2. The first kappa shape index (κ1) is 31.5. The zero-order valence-corrected chi connectivity index (χ0v) is 25.4. The zero-order valence-electron chi connectivity index (χ0n) is 23.1. The molecule has 0 radical (unpaired) electrons. The number of amides is 2. The average Bonchev–Trinajstić information content (AvgIpc) is 2.91. The molecule has 0 saturated heterocycles. The van der Waals surface area contributed by atoms with Gasteiger partial charge in [0, 0.05) is 17.6 Å². The van der Waals surface area contributed by atoms with Crippen molar-refractivity contribution in [3.63, 3.8) is 0 Å². The molecule has 40 heavy (non-hydrogen) atoms. The Balaban J connectivity index is 2.05. The molecule has 0 bridgehead atoms. The summed E-state index contributed by atoms with van der Waals surface area (Å²) in [5.41, 5.74) is 1.95. The third kappa shape index (κ3) is 7.99. The highest BCUT2D eigenvalue weighted by atomic mass is 35.5. The molecule has 3 aromatic rings. The quantitative estimate of drug-likeness (QED) is 0.280. The third-order valence-electron chi connectivity index (χ3n) is 6.37. The van der Waals surface area contributed by atoms with Gasteiger partial charge in [-0.15, -0.1) is 0 Å². The summed E-state index contributed by atoms with van der Waals surface area (Å²) >= 11 is 12.7. The second-order valence-corrected chi connectivity index (χ2v) is 12.5. The van der Waals surface area contributed by atoms with Gasteiger partial charge in [-0.2, -0.15) is 0 Å². The minimum absolute atomic E-state index is 0.00219. The van der Waals surface area contributed by atoms with Gasteiger partial charge < -0.3 is 10.2 Å². The van der Waals surface area contributed by atoms with Crippen molar-refractivity contribution in [3.05, 3.63) is 94.0 Å². The number of nitrogens with one attached hydrogen (secondary N) is 1. The van der Waals surface area contributed by atoms with Gasteiger partial charge in [-0.3, -0.25) is 13.9 Å². The number of benzene rings is 3. The molecule has 1 N–H and O–H groups in total. The Morgan fingerprint density at radius 3 is 2.20 bits per heavy atom. The summed E-state index contributed by atoms with van der Waals surface area (Å²) < 4.78 is 28.8. The van der Waals surface area contributed by atoms with E-state index in [-0.39, 0.29) is 39.1 Å². The van der Waals surface area contributed by atoms with Crippen LogP contribution in [0.5, 0.6) is 0 Å². The van der Waals surface area contributed by atoms with Gasteiger partial charge in [-0.05, 0) is 69.5 Å². The van der Waals surface area contributed by atoms with Crippen LogP contribution in [0.4, 0.5) is 5.69 Å². The Morgan fingerprint density at radius 1 is 0.950 bits per heavy atom. The summed E-state index contributed by atoms with van der Waals surface area (Å²) in [6.07, 6.45) is 0.836. The molecule has 0 saturated carbocycles. The van der Waals surface area contributed by atoms with E-state index in [4.69, 9.17) is 23.2 Å². The zero-order chi connectivity index (χ0) is 29.4. The second kappa shape index (κ2) is 14.0. The predicted molar refractivity (Wildman–Crippen MR) is 161 cm³/mol. The van der Waals surface area contributed by atoms with Crippen LogP contribution in [-0.2, 0) is 26.0 Å². The number of aryl methyl sites for hydroxylation is 1. The minimum Gasteiger partial charge on any atom is -0.352 e. The fourth-order valence-electron chi connectivity index (χ4n) is 4.30. The molecule has 2 amide bonds. The molecule has 0 aliphatic carbocycles. The summed E-state index contributed by atoms with van der Waals surface area (Å²) in [6.45, 7) is 7.01. The average molecular weight is 605 g/mol. The molecule has 0 aliphatic heterocycles. The molecule has 0 heterocycles. The number of hydrogen-bond acceptors (Lipinski definition) is 4. The van der Waals surface area contributed by atoms with Crippen molar-refractivity contribution in [2.45, 2.75) is 57.5 Å². The number of hydrogen-bond donors (Lipinski definition) is 1. The van der Waals surface area contributed by atoms with Gasteiger partial charge in [0.25, 0.3) is 10.0 Å². The molecular weight excluding hydrogens is 569 g/mol. The van der Waals surface area contributed by atoms with Gasteiger partial charge in [0.2, 0.25) is 11.8 Å². The van der Waals surface area contributed by atoms with E-state index in [2.05, 4.69) is 5.32 Å². The highest BCUT2D eigenvalue weighted by Crippen LogP contribution is 2.33. The molecule has 3 rings (SSSR count). The number of sulfonamides is 1. The largest absolute Gasteiger partial charge is 0.352 e. The topological polar surface area (TPSA) is 86.8 Å². The number of anilines is 1. The fraction of sp³-hybridized carbons (Fsp3) is 0.333. The molecule has 0 fully saturated rings. The SMILES string of the molecule is CC[C@H](C(=O)NC(C)C)N(CCc1ccccc1)C(=O)CN(c1cc(Cl)ccc1Cl)S(=O)(=O)c1ccc(C)cc1. The standard InChI is InChI=1S/C30H35Cl2N3O4S/c1-5-27(30(37)33-21(2)3)34(18-17-23-9-7-6-8-10-23)29(36)20-35(28-19-24(31)13-16-26(28)32)40(38,39)25-14-11-22(4)12-15-25/h6-16,19,21,27H,5,17-18,20H2,1-4H3,(H,33,37)/t27-/m1/s1. The van der Waals surface area contributed by atoms with E-state index in [1.54, 1.807) is 18.2 Å². The number of rotatable bonds is 12. The lowest BCUT2D eigenvalue weighted by Gasteiger charge is -2.33. The minimum atomic E-state index is -4.24. The lowest BCUT2D eigenvalue weighted by atomic mass is 10.1. The highest BCUT2D eigenvalue weighted by Gasteiger charge is 2.34. The van der Waals surface area contributed by atoms with Crippen LogP contribution >= 0.6 is 23.2 Å². The van der Waals surface area contributed by atoms with E-state index < -0.39 is 28.5 Å². The molecule has 10 heteroatoms. The van der Waals surface area contributed by atoms with Gasteiger partial charge >= 0.3 is 0 Å². The molecule has 0 spiro atoms. The molecule has 214 valence electrons. The first-order chi connectivity index (χ1) is 18.9. The molecule has 0 unspecified atom stereocenters. The van der Waals surface area contributed by atoms with Crippen LogP contribution in [0, 0.1) is 6.92 Å².